The third-order valence-corrected chi connectivity index (χ3v) is 4.26. The number of hydrogen-bond donors (Lipinski definition) is 1. The van der Waals surface area contributed by atoms with Crippen molar-refractivity contribution in [3.63, 3.8) is 0 Å². The fourth-order valence-electron chi connectivity index (χ4n) is 2.66. The van der Waals surface area contributed by atoms with E-state index < -0.39 is 0 Å². The zero-order valence-corrected chi connectivity index (χ0v) is 12.9. The van der Waals surface area contributed by atoms with Gasteiger partial charge in [-0.25, -0.2) is 0 Å². The maximum Gasteiger partial charge on any atom is 0.244 e. The van der Waals surface area contributed by atoms with Crippen molar-refractivity contribution in [2.75, 3.05) is 25.7 Å². The highest BCUT2D eigenvalue weighted by Gasteiger charge is 2.37. The minimum absolute atomic E-state index is 0.0876. The molecule has 1 aromatic carbocycles. The van der Waals surface area contributed by atoms with Crippen molar-refractivity contribution in [1.82, 2.24) is 5.32 Å². The molecular formula is C15H19ClN2O3. The molecule has 1 aliphatic heterocycles. The lowest BCUT2D eigenvalue weighted by Crippen LogP contribution is -2.39. The van der Waals surface area contributed by atoms with Crippen molar-refractivity contribution >= 4 is 23.2 Å². The number of nitrogens with one attached hydrogen (secondary N) is 1. The smallest absolute Gasteiger partial charge is 0.244 e. The summed E-state index contributed by atoms with van der Waals surface area (Å²) in [6, 6.07) is 3.87. The molecule has 1 amide bonds. The molecule has 1 aliphatic carbocycles. The van der Waals surface area contributed by atoms with Crippen LogP contribution in [0.3, 0.4) is 0 Å². The van der Waals surface area contributed by atoms with Crippen LogP contribution in [0.1, 0.15) is 19.3 Å². The summed E-state index contributed by atoms with van der Waals surface area (Å²) in [5, 5.41) is 3.86. The predicted octanol–water partition coefficient (Wildman–Crippen LogP) is 2.21. The van der Waals surface area contributed by atoms with Gasteiger partial charge in [-0.3, -0.25) is 4.79 Å². The number of benzene rings is 1. The summed E-state index contributed by atoms with van der Waals surface area (Å²) in [6.45, 7) is 0.671. The third kappa shape index (κ3) is 2.80. The van der Waals surface area contributed by atoms with Gasteiger partial charge in [0.05, 0.1) is 31.0 Å². The van der Waals surface area contributed by atoms with Gasteiger partial charge in [0, 0.05) is 24.7 Å². The monoisotopic (exact) mass is 310 g/mol. The number of ether oxygens (including phenoxy) is 2. The van der Waals surface area contributed by atoms with E-state index in [1.807, 2.05) is 0 Å². The molecule has 2 aliphatic rings. The summed E-state index contributed by atoms with van der Waals surface area (Å²) in [7, 11) is 3.13. The van der Waals surface area contributed by atoms with E-state index in [1.54, 1.807) is 31.3 Å². The summed E-state index contributed by atoms with van der Waals surface area (Å²) in [6.07, 6.45) is 3.15. The number of hydrogen-bond acceptors (Lipinski definition) is 4. The predicted molar refractivity (Wildman–Crippen MR) is 81.5 cm³/mol. The van der Waals surface area contributed by atoms with E-state index in [4.69, 9.17) is 21.1 Å². The second-order valence-corrected chi connectivity index (χ2v) is 5.84. The SMILES string of the molecule is COc1cc(N2CCC(NC3CC3)C2=O)c(OC)cc1Cl. The average Bonchev–Trinajstić information content (AvgIpc) is 3.23. The Hall–Kier alpha value is -1.46. The van der Waals surface area contributed by atoms with Crippen LogP contribution >= 0.6 is 11.6 Å². The molecule has 1 unspecified atom stereocenters. The van der Waals surface area contributed by atoms with E-state index in [2.05, 4.69) is 5.32 Å². The quantitative estimate of drug-likeness (QED) is 0.906. The molecule has 6 heteroatoms. The molecule has 1 saturated carbocycles. The van der Waals surface area contributed by atoms with Crippen LogP contribution in [0.25, 0.3) is 0 Å². The molecule has 1 saturated heterocycles. The maximum atomic E-state index is 12.6. The first kappa shape index (κ1) is 14.5. The van der Waals surface area contributed by atoms with Crippen LogP contribution in [0.2, 0.25) is 5.02 Å². The number of rotatable bonds is 5. The largest absolute Gasteiger partial charge is 0.495 e. The molecule has 0 spiro atoms. The minimum Gasteiger partial charge on any atom is -0.495 e. The first-order valence-electron chi connectivity index (χ1n) is 7.13. The van der Waals surface area contributed by atoms with E-state index in [1.165, 1.54) is 12.8 Å². The van der Waals surface area contributed by atoms with E-state index in [0.29, 0.717) is 34.8 Å². The second-order valence-electron chi connectivity index (χ2n) is 5.43. The van der Waals surface area contributed by atoms with Gasteiger partial charge in [0.15, 0.2) is 0 Å². The number of methoxy groups -OCH3 is 2. The number of carbonyl (C=O) groups excluding carboxylic acids is 1. The summed E-state index contributed by atoms with van der Waals surface area (Å²) in [4.78, 5) is 14.3. The molecule has 2 fully saturated rings. The van der Waals surface area contributed by atoms with Gasteiger partial charge in [-0.2, -0.15) is 0 Å². The molecule has 0 aromatic heterocycles. The summed E-state index contributed by atoms with van der Waals surface area (Å²) in [5.74, 6) is 1.21. The molecule has 0 radical (unpaired) electrons. The Morgan fingerprint density at radius 3 is 2.52 bits per heavy atom. The molecule has 21 heavy (non-hydrogen) atoms. The molecular weight excluding hydrogens is 292 g/mol. The fourth-order valence-corrected chi connectivity index (χ4v) is 2.89. The Kier molecular flexibility index (Phi) is 3.95. The van der Waals surface area contributed by atoms with Gasteiger partial charge in [-0.15, -0.1) is 0 Å². The van der Waals surface area contributed by atoms with Crippen molar-refractivity contribution in [1.29, 1.82) is 0 Å². The van der Waals surface area contributed by atoms with Crippen LogP contribution in [0.4, 0.5) is 5.69 Å². The first-order valence-corrected chi connectivity index (χ1v) is 7.50. The Morgan fingerprint density at radius 1 is 1.19 bits per heavy atom. The van der Waals surface area contributed by atoms with E-state index in [9.17, 15) is 4.79 Å². The molecule has 3 rings (SSSR count). The third-order valence-electron chi connectivity index (χ3n) is 3.96. The lowest BCUT2D eigenvalue weighted by Gasteiger charge is -2.21. The highest BCUT2D eigenvalue weighted by atomic mass is 35.5. The Bertz CT molecular complexity index is 560. The second kappa shape index (κ2) is 5.73. The van der Waals surface area contributed by atoms with Gasteiger partial charge in [0.1, 0.15) is 11.5 Å². The average molecular weight is 311 g/mol. The molecule has 114 valence electrons. The van der Waals surface area contributed by atoms with Crippen LogP contribution in [0, 0.1) is 0 Å². The number of nitrogens with zero attached hydrogens (tertiary/aromatic N) is 1. The summed E-state index contributed by atoms with van der Waals surface area (Å²) in [5.41, 5.74) is 0.712. The van der Waals surface area contributed by atoms with Crippen LogP contribution in [-0.4, -0.2) is 38.8 Å². The summed E-state index contributed by atoms with van der Waals surface area (Å²) < 4.78 is 10.6. The number of carbonyl (C=O) groups is 1. The molecule has 1 aromatic rings. The fraction of sp³-hybridized carbons (Fsp3) is 0.533. The molecule has 0 bridgehead atoms. The van der Waals surface area contributed by atoms with E-state index in [0.717, 1.165) is 6.42 Å². The van der Waals surface area contributed by atoms with E-state index >= 15 is 0 Å². The number of amides is 1. The van der Waals surface area contributed by atoms with E-state index in [-0.39, 0.29) is 11.9 Å². The van der Waals surface area contributed by atoms with Crippen molar-refractivity contribution in [2.24, 2.45) is 0 Å². The van der Waals surface area contributed by atoms with Gasteiger partial charge < -0.3 is 19.7 Å². The van der Waals surface area contributed by atoms with Crippen molar-refractivity contribution in [3.05, 3.63) is 17.2 Å². The lowest BCUT2D eigenvalue weighted by molar-refractivity contribution is -0.118. The van der Waals surface area contributed by atoms with Crippen molar-refractivity contribution in [3.8, 4) is 11.5 Å². The van der Waals surface area contributed by atoms with Crippen LogP contribution in [0.15, 0.2) is 12.1 Å². The number of anilines is 1. The van der Waals surface area contributed by atoms with Crippen LogP contribution in [0.5, 0.6) is 11.5 Å². The molecule has 1 N–H and O–H groups in total. The van der Waals surface area contributed by atoms with Gasteiger partial charge in [0.2, 0.25) is 5.91 Å². The Morgan fingerprint density at radius 2 is 1.90 bits per heavy atom. The van der Waals surface area contributed by atoms with Crippen molar-refractivity contribution < 1.29 is 14.3 Å². The standard InChI is InChI=1S/C15H19ClN2O3/c1-20-13-8-12(14(21-2)7-10(13)16)18-6-5-11(15(18)19)17-9-3-4-9/h7-9,11,17H,3-6H2,1-2H3. The lowest BCUT2D eigenvalue weighted by atomic mass is 10.2. The molecule has 1 atom stereocenters. The van der Waals surface area contributed by atoms with Crippen LogP contribution in [-0.2, 0) is 4.79 Å². The zero-order chi connectivity index (χ0) is 15.0. The maximum absolute atomic E-state index is 12.6. The van der Waals surface area contributed by atoms with Gasteiger partial charge in [-0.1, -0.05) is 11.6 Å². The highest BCUT2D eigenvalue weighted by Crippen LogP contribution is 2.39. The van der Waals surface area contributed by atoms with Gasteiger partial charge >= 0.3 is 0 Å². The normalized spacial score (nSPS) is 21.8. The number of halogens is 1. The topological polar surface area (TPSA) is 50.8 Å². The molecule has 5 nitrogen and oxygen atoms in total. The van der Waals surface area contributed by atoms with Gasteiger partial charge in [-0.05, 0) is 19.3 Å². The zero-order valence-electron chi connectivity index (χ0n) is 12.2. The van der Waals surface area contributed by atoms with Crippen molar-refractivity contribution in [2.45, 2.75) is 31.3 Å². The Labute approximate surface area is 129 Å². The highest BCUT2D eigenvalue weighted by molar-refractivity contribution is 6.32. The Balaban J connectivity index is 1.87. The van der Waals surface area contributed by atoms with Crippen LogP contribution < -0.4 is 19.7 Å². The molecule has 1 heterocycles. The summed E-state index contributed by atoms with van der Waals surface area (Å²) >= 11 is 6.11. The van der Waals surface area contributed by atoms with Gasteiger partial charge in [0.25, 0.3) is 0 Å². The first-order chi connectivity index (χ1) is 10.1. The minimum atomic E-state index is -0.0936.